The highest BCUT2D eigenvalue weighted by atomic mass is 32.2. The van der Waals surface area contributed by atoms with E-state index in [0.29, 0.717) is 6.07 Å². The monoisotopic (exact) mass is 380 g/mol. The Balaban J connectivity index is 1.72. The number of benzene rings is 2. The van der Waals surface area contributed by atoms with Gasteiger partial charge in [-0.1, -0.05) is 12.1 Å². The third-order valence-corrected chi connectivity index (χ3v) is 6.46. The van der Waals surface area contributed by atoms with Gasteiger partial charge in [0, 0.05) is 32.4 Å². The second-order valence-corrected chi connectivity index (χ2v) is 8.60. The van der Waals surface area contributed by atoms with Crippen LogP contribution in [0.1, 0.15) is 24.8 Å². The quantitative estimate of drug-likeness (QED) is 0.793. The van der Waals surface area contributed by atoms with Crippen LogP contribution in [-0.2, 0) is 16.6 Å². The highest BCUT2D eigenvalue weighted by Crippen LogP contribution is 2.22. The molecule has 1 aliphatic rings. The SMILES string of the molecule is CN(Cc1ccc(N2CCCCC2)cc1)S(=O)(=O)c1ccc(F)c(F)c1. The minimum Gasteiger partial charge on any atom is -0.372 e. The number of rotatable bonds is 5. The van der Waals surface area contributed by atoms with Gasteiger partial charge < -0.3 is 4.90 Å². The van der Waals surface area contributed by atoms with Crippen molar-refractivity contribution in [2.45, 2.75) is 30.7 Å². The number of halogens is 2. The van der Waals surface area contributed by atoms with Crippen LogP contribution in [0, 0.1) is 11.6 Å². The smallest absolute Gasteiger partial charge is 0.243 e. The summed E-state index contributed by atoms with van der Waals surface area (Å²) >= 11 is 0. The van der Waals surface area contributed by atoms with Crippen molar-refractivity contribution in [3.8, 4) is 0 Å². The number of hydrogen-bond donors (Lipinski definition) is 0. The molecular formula is C19H22F2N2O2S. The van der Waals surface area contributed by atoms with Crippen LogP contribution in [0.25, 0.3) is 0 Å². The molecule has 4 nitrogen and oxygen atoms in total. The number of anilines is 1. The van der Waals surface area contributed by atoms with E-state index >= 15 is 0 Å². The summed E-state index contributed by atoms with van der Waals surface area (Å²) in [5.41, 5.74) is 1.97. The van der Waals surface area contributed by atoms with E-state index in [-0.39, 0.29) is 11.4 Å². The van der Waals surface area contributed by atoms with E-state index in [1.165, 1.54) is 26.3 Å². The number of nitrogens with zero attached hydrogens (tertiary/aromatic N) is 2. The Morgan fingerprint density at radius 3 is 2.23 bits per heavy atom. The van der Waals surface area contributed by atoms with Crippen LogP contribution in [0.4, 0.5) is 14.5 Å². The first-order chi connectivity index (χ1) is 12.4. The Labute approximate surface area is 153 Å². The minimum atomic E-state index is -3.89. The zero-order valence-corrected chi connectivity index (χ0v) is 15.5. The Morgan fingerprint density at radius 2 is 1.62 bits per heavy atom. The summed E-state index contributed by atoms with van der Waals surface area (Å²) in [6.45, 7) is 2.25. The Hall–Kier alpha value is -1.99. The first-order valence-corrected chi connectivity index (χ1v) is 10.1. The topological polar surface area (TPSA) is 40.6 Å². The molecule has 140 valence electrons. The van der Waals surface area contributed by atoms with E-state index in [1.807, 2.05) is 24.3 Å². The van der Waals surface area contributed by atoms with E-state index in [1.54, 1.807) is 0 Å². The molecule has 2 aromatic rings. The second-order valence-electron chi connectivity index (χ2n) is 6.55. The van der Waals surface area contributed by atoms with E-state index in [4.69, 9.17) is 0 Å². The molecule has 26 heavy (non-hydrogen) atoms. The van der Waals surface area contributed by atoms with Gasteiger partial charge in [-0.15, -0.1) is 0 Å². The Kier molecular flexibility index (Phi) is 5.58. The van der Waals surface area contributed by atoms with E-state index in [9.17, 15) is 17.2 Å². The maximum atomic E-state index is 13.4. The molecule has 1 saturated heterocycles. The fraction of sp³-hybridized carbons (Fsp3) is 0.368. The molecule has 0 N–H and O–H groups in total. The summed E-state index contributed by atoms with van der Waals surface area (Å²) in [6, 6.07) is 10.4. The average Bonchev–Trinajstić information content (AvgIpc) is 2.65. The lowest BCUT2D eigenvalue weighted by atomic mass is 10.1. The van der Waals surface area contributed by atoms with Gasteiger partial charge in [-0.05, 0) is 55.2 Å². The number of piperidine rings is 1. The molecule has 1 fully saturated rings. The van der Waals surface area contributed by atoms with Gasteiger partial charge in [0.15, 0.2) is 11.6 Å². The molecule has 2 aromatic carbocycles. The third kappa shape index (κ3) is 4.04. The van der Waals surface area contributed by atoms with Gasteiger partial charge in [-0.3, -0.25) is 0 Å². The van der Waals surface area contributed by atoms with Crippen molar-refractivity contribution in [1.29, 1.82) is 0 Å². The van der Waals surface area contributed by atoms with Crippen molar-refractivity contribution >= 4 is 15.7 Å². The fourth-order valence-electron chi connectivity index (χ4n) is 3.12. The fourth-order valence-corrected chi connectivity index (χ4v) is 4.29. The van der Waals surface area contributed by atoms with E-state index < -0.39 is 21.7 Å². The van der Waals surface area contributed by atoms with Crippen LogP contribution >= 0.6 is 0 Å². The Bertz CT molecular complexity index is 864. The van der Waals surface area contributed by atoms with Crippen LogP contribution in [0.3, 0.4) is 0 Å². The lowest BCUT2D eigenvalue weighted by molar-refractivity contribution is 0.463. The van der Waals surface area contributed by atoms with Crippen molar-refractivity contribution in [2.24, 2.45) is 0 Å². The molecule has 0 bridgehead atoms. The molecule has 0 amide bonds. The van der Waals surface area contributed by atoms with Crippen LogP contribution in [0.5, 0.6) is 0 Å². The minimum absolute atomic E-state index is 0.154. The van der Waals surface area contributed by atoms with Gasteiger partial charge in [0.1, 0.15) is 0 Å². The highest BCUT2D eigenvalue weighted by molar-refractivity contribution is 7.89. The van der Waals surface area contributed by atoms with Crippen LogP contribution in [0.2, 0.25) is 0 Å². The maximum absolute atomic E-state index is 13.4. The second kappa shape index (κ2) is 7.72. The summed E-state index contributed by atoms with van der Waals surface area (Å²) in [5, 5.41) is 0. The van der Waals surface area contributed by atoms with Crippen LogP contribution in [-0.4, -0.2) is 32.9 Å². The lowest BCUT2D eigenvalue weighted by Crippen LogP contribution is -2.29. The van der Waals surface area contributed by atoms with Gasteiger partial charge in [-0.25, -0.2) is 17.2 Å². The van der Waals surface area contributed by atoms with Crippen molar-refractivity contribution in [2.75, 3.05) is 25.0 Å². The highest BCUT2D eigenvalue weighted by Gasteiger charge is 2.22. The molecule has 0 atom stereocenters. The molecule has 0 saturated carbocycles. The number of sulfonamides is 1. The first kappa shape index (κ1) is 18.8. The van der Waals surface area contributed by atoms with Gasteiger partial charge in [0.25, 0.3) is 0 Å². The normalized spacial score (nSPS) is 15.5. The summed E-state index contributed by atoms with van der Waals surface area (Å²) in [4.78, 5) is 2.07. The maximum Gasteiger partial charge on any atom is 0.243 e. The summed E-state index contributed by atoms with van der Waals surface area (Å²) in [5.74, 6) is -2.25. The number of hydrogen-bond acceptors (Lipinski definition) is 3. The predicted molar refractivity (Wildman–Crippen MR) is 97.5 cm³/mol. The standard InChI is InChI=1S/C19H22F2N2O2S/c1-22(26(24,25)17-9-10-18(20)19(21)13-17)14-15-5-7-16(8-6-15)23-11-3-2-4-12-23/h5-10,13H,2-4,11-12,14H2,1H3. The van der Waals surface area contributed by atoms with Crippen molar-refractivity contribution in [3.05, 3.63) is 59.7 Å². The van der Waals surface area contributed by atoms with Crippen molar-refractivity contribution < 1.29 is 17.2 Å². The third-order valence-electron chi connectivity index (χ3n) is 4.66. The van der Waals surface area contributed by atoms with E-state index in [0.717, 1.165) is 40.8 Å². The lowest BCUT2D eigenvalue weighted by Gasteiger charge is -2.29. The molecule has 3 rings (SSSR count). The molecule has 1 heterocycles. The van der Waals surface area contributed by atoms with Gasteiger partial charge in [0.2, 0.25) is 10.0 Å². The molecule has 0 spiro atoms. The van der Waals surface area contributed by atoms with Crippen LogP contribution < -0.4 is 4.90 Å². The molecule has 0 radical (unpaired) electrons. The summed E-state index contributed by atoms with van der Waals surface area (Å²) in [6.07, 6.45) is 3.65. The zero-order valence-electron chi connectivity index (χ0n) is 14.7. The van der Waals surface area contributed by atoms with E-state index in [2.05, 4.69) is 4.90 Å². The summed E-state index contributed by atoms with van der Waals surface area (Å²) < 4.78 is 52.6. The summed E-state index contributed by atoms with van der Waals surface area (Å²) in [7, 11) is -2.47. The van der Waals surface area contributed by atoms with Gasteiger partial charge >= 0.3 is 0 Å². The molecule has 0 aromatic heterocycles. The zero-order chi connectivity index (χ0) is 18.7. The van der Waals surface area contributed by atoms with Gasteiger partial charge in [0.05, 0.1) is 4.90 Å². The predicted octanol–water partition coefficient (Wildman–Crippen LogP) is 3.78. The molecule has 0 aliphatic carbocycles. The molecular weight excluding hydrogens is 358 g/mol. The Morgan fingerprint density at radius 1 is 0.962 bits per heavy atom. The average molecular weight is 380 g/mol. The molecule has 1 aliphatic heterocycles. The van der Waals surface area contributed by atoms with Crippen molar-refractivity contribution in [1.82, 2.24) is 4.31 Å². The van der Waals surface area contributed by atoms with Crippen LogP contribution in [0.15, 0.2) is 47.4 Å². The van der Waals surface area contributed by atoms with Crippen molar-refractivity contribution in [3.63, 3.8) is 0 Å². The first-order valence-electron chi connectivity index (χ1n) is 8.63. The molecule has 7 heteroatoms. The largest absolute Gasteiger partial charge is 0.372 e. The van der Waals surface area contributed by atoms with Gasteiger partial charge in [-0.2, -0.15) is 4.31 Å². The molecule has 0 unspecified atom stereocenters.